The zero-order valence-corrected chi connectivity index (χ0v) is 19.0. The molecular weight excluding hydrogens is 384 g/mol. The topological polar surface area (TPSA) is 47.0 Å². The maximum Gasteiger partial charge on any atom is 0.250 e. The van der Waals surface area contributed by atoms with Gasteiger partial charge in [-0.1, -0.05) is 32.9 Å². The number of thiophene rings is 1. The van der Waals surface area contributed by atoms with E-state index in [2.05, 4.69) is 50.3 Å². The summed E-state index contributed by atoms with van der Waals surface area (Å²) in [5.74, 6) is 0.859. The number of benzene rings is 1. The summed E-state index contributed by atoms with van der Waals surface area (Å²) in [6.45, 7) is 11.1. The minimum Gasteiger partial charge on any atom is -0.542 e. The molecule has 0 saturated heterocycles. The molecule has 1 N–H and O–H groups in total. The molecule has 0 aliphatic heterocycles. The fraction of sp³-hybridized carbons (Fsp3) is 0.318. The van der Waals surface area contributed by atoms with Crippen LogP contribution in [0.25, 0.3) is 21.1 Å². The van der Waals surface area contributed by atoms with Crippen molar-refractivity contribution in [3.63, 3.8) is 0 Å². The molecule has 6 heteroatoms. The van der Waals surface area contributed by atoms with E-state index in [0.29, 0.717) is 11.3 Å². The molecule has 0 fully saturated rings. The van der Waals surface area contributed by atoms with Gasteiger partial charge in [0.2, 0.25) is 5.78 Å². The van der Waals surface area contributed by atoms with Crippen molar-refractivity contribution in [1.29, 1.82) is 0 Å². The Morgan fingerprint density at radius 3 is 2.64 bits per heavy atom. The van der Waals surface area contributed by atoms with Crippen LogP contribution < -0.4 is 4.43 Å². The second-order valence-electron chi connectivity index (χ2n) is 8.83. The number of H-pyrrole nitrogens is 1. The maximum absolute atomic E-state index is 13.3. The van der Waals surface area contributed by atoms with E-state index >= 15 is 0 Å². The fourth-order valence-electron chi connectivity index (χ4n) is 3.23. The van der Waals surface area contributed by atoms with Crippen LogP contribution in [0.4, 0.5) is 0 Å². The minimum absolute atomic E-state index is 0.0293. The average molecular weight is 411 g/mol. The molecule has 0 atom stereocenters. The summed E-state index contributed by atoms with van der Waals surface area (Å²) < 4.78 is 9.64. The number of fused-ring (bicyclic) bond motifs is 2. The predicted molar refractivity (Wildman–Crippen MR) is 120 cm³/mol. The molecule has 4 aromatic rings. The Morgan fingerprint density at radius 2 is 1.96 bits per heavy atom. The number of rotatable bonds is 4. The van der Waals surface area contributed by atoms with Gasteiger partial charge in [-0.25, -0.2) is 0 Å². The number of nitrogens with zero attached hydrogens (tertiary/aromatic N) is 1. The summed E-state index contributed by atoms with van der Waals surface area (Å²) in [5.41, 5.74) is 3.38. The predicted octanol–water partition coefficient (Wildman–Crippen LogP) is 6.34. The first-order valence-electron chi connectivity index (χ1n) is 9.47. The summed E-state index contributed by atoms with van der Waals surface area (Å²) in [5, 5.41) is 3.07. The minimum atomic E-state index is -1.97. The zero-order chi connectivity index (χ0) is 20.3. The number of hydrogen-bond donors (Lipinski definition) is 1. The van der Waals surface area contributed by atoms with E-state index in [1.165, 1.54) is 0 Å². The first-order valence-corrected chi connectivity index (χ1v) is 13.3. The lowest BCUT2D eigenvalue weighted by molar-refractivity contribution is 0.103. The highest BCUT2D eigenvalue weighted by molar-refractivity contribution is 7.17. The Hall–Kier alpha value is -2.31. The van der Waals surface area contributed by atoms with Crippen LogP contribution in [-0.2, 0) is 7.05 Å². The Kier molecular flexibility index (Phi) is 4.32. The van der Waals surface area contributed by atoms with E-state index in [0.717, 1.165) is 26.9 Å². The van der Waals surface area contributed by atoms with E-state index in [4.69, 9.17) is 4.43 Å². The van der Waals surface area contributed by atoms with Gasteiger partial charge in [-0.05, 0) is 41.7 Å². The number of carbonyl (C=O) groups excluding carboxylic acids is 1. The number of hydrogen-bond acceptors (Lipinski definition) is 3. The summed E-state index contributed by atoms with van der Waals surface area (Å²) in [6, 6.07) is 9.99. The standard InChI is InChI=1S/C22H26N2O2SSi/c1-22(2,3)28(5,6)26-18-9-7-8-14-15(13-23-20(14)18)21(25)17-12-19-16(24(17)4)10-11-27-19/h7-13,23H,1-6H3. The van der Waals surface area contributed by atoms with Crippen LogP contribution >= 0.6 is 11.3 Å². The average Bonchev–Trinajstić information content (AvgIpc) is 3.30. The lowest BCUT2D eigenvalue weighted by Crippen LogP contribution is -2.43. The van der Waals surface area contributed by atoms with Crippen molar-refractivity contribution in [1.82, 2.24) is 9.55 Å². The molecule has 0 aliphatic carbocycles. The molecule has 0 aliphatic rings. The van der Waals surface area contributed by atoms with Gasteiger partial charge in [0.05, 0.1) is 21.4 Å². The van der Waals surface area contributed by atoms with Crippen LogP contribution in [0.15, 0.2) is 41.9 Å². The van der Waals surface area contributed by atoms with E-state index in [1.807, 2.05) is 42.1 Å². The Labute approximate surface area is 170 Å². The highest BCUT2D eigenvalue weighted by Gasteiger charge is 2.39. The van der Waals surface area contributed by atoms with Crippen molar-refractivity contribution < 1.29 is 9.22 Å². The molecule has 0 spiro atoms. The van der Waals surface area contributed by atoms with Gasteiger partial charge in [0.1, 0.15) is 5.75 Å². The largest absolute Gasteiger partial charge is 0.542 e. The number of aryl methyl sites for hydroxylation is 1. The highest BCUT2D eigenvalue weighted by atomic mass is 32.1. The molecule has 0 unspecified atom stereocenters. The van der Waals surface area contributed by atoms with Crippen LogP contribution in [0.2, 0.25) is 18.1 Å². The smallest absolute Gasteiger partial charge is 0.250 e. The fourth-order valence-corrected chi connectivity index (χ4v) is 5.11. The highest BCUT2D eigenvalue weighted by Crippen LogP contribution is 2.39. The van der Waals surface area contributed by atoms with Crippen molar-refractivity contribution >= 4 is 46.6 Å². The van der Waals surface area contributed by atoms with E-state index in [9.17, 15) is 4.79 Å². The van der Waals surface area contributed by atoms with Gasteiger partial charge in [0.15, 0.2) is 0 Å². The summed E-state index contributed by atoms with van der Waals surface area (Å²) in [7, 11) is -0.0271. The van der Waals surface area contributed by atoms with Crippen LogP contribution in [0.3, 0.4) is 0 Å². The number of carbonyl (C=O) groups is 1. The number of para-hydroxylation sites is 1. The first-order chi connectivity index (χ1) is 13.1. The van der Waals surface area contributed by atoms with Crippen LogP contribution in [-0.4, -0.2) is 23.7 Å². The molecule has 4 rings (SSSR count). The maximum atomic E-state index is 13.3. The van der Waals surface area contributed by atoms with Gasteiger partial charge < -0.3 is 14.0 Å². The molecule has 0 saturated carbocycles. The monoisotopic (exact) mass is 410 g/mol. The molecule has 0 amide bonds. The normalized spacial score (nSPS) is 12.8. The van der Waals surface area contributed by atoms with Gasteiger partial charge in [0.25, 0.3) is 8.32 Å². The number of nitrogens with one attached hydrogen (secondary N) is 1. The quantitative estimate of drug-likeness (QED) is 0.315. The summed E-state index contributed by atoms with van der Waals surface area (Å²) >= 11 is 1.66. The van der Waals surface area contributed by atoms with Crippen LogP contribution in [0, 0.1) is 0 Å². The van der Waals surface area contributed by atoms with Crippen molar-refractivity contribution in [2.24, 2.45) is 7.05 Å². The van der Waals surface area contributed by atoms with Crippen molar-refractivity contribution in [3.8, 4) is 5.75 Å². The molecular formula is C22H26N2O2SSi. The van der Waals surface area contributed by atoms with Crippen LogP contribution in [0.5, 0.6) is 5.75 Å². The SMILES string of the molecule is Cn1c(C(=O)c2c[nH]c3c(O[Si](C)(C)C(C)(C)C)cccc23)cc2sccc21. The van der Waals surface area contributed by atoms with Gasteiger partial charge in [0, 0.05) is 24.2 Å². The van der Waals surface area contributed by atoms with Gasteiger partial charge in [-0.3, -0.25) is 4.79 Å². The Morgan fingerprint density at radius 1 is 1.21 bits per heavy atom. The molecule has 0 bridgehead atoms. The summed E-state index contributed by atoms with van der Waals surface area (Å²) in [6.07, 6.45) is 1.81. The molecule has 28 heavy (non-hydrogen) atoms. The Balaban J connectivity index is 1.77. The van der Waals surface area contributed by atoms with Crippen molar-refractivity contribution in [2.75, 3.05) is 0 Å². The Bertz CT molecular complexity index is 1190. The van der Waals surface area contributed by atoms with Gasteiger partial charge in [-0.2, -0.15) is 0 Å². The second-order valence-corrected chi connectivity index (χ2v) is 14.5. The molecule has 1 aromatic carbocycles. The zero-order valence-electron chi connectivity index (χ0n) is 17.2. The molecule has 0 radical (unpaired) electrons. The van der Waals surface area contributed by atoms with E-state index < -0.39 is 8.32 Å². The number of ketones is 1. The van der Waals surface area contributed by atoms with Crippen LogP contribution in [0.1, 0.15) is 36.8 Å². The number of aromatic nitrogens is 2. The first kappa shape index (κ1) is 19.0. The third-order valence-electron chi connectivity index (χ3n) is 5.99. The lowest BCUT2D eigenvalue weighted by Gasteiger charge is -2.36. The third kappa shape index (κ3) is 2.91. The van der Waals surface area contributed by atoms with E-state index in [-0.39, 0.29) is 10.8 Å². The van der Waals surface area contributed by atoms with Gasteiger partial charge in [-0.15, -0.1) is 11.3 Å². The van der Waals surface area contributed by atoms with Crippen molar-refractivity contribution in [2.45, 2.75) is 38.9 Å². The summed E-state index contributed by atoms with van der Waals surface area (Å²) in [4.78, 5) is 16.6. The molecule has 3 aromatic heterocycles. The van der Waals surface area contributed by atoms with Crippen molar-refractivity contribution in [3.05, 3.63) is 53.2 Å². The second kappa shape index (κ2) is 6.35. The number of aromatic amines is 1. The molecule has 4 nitrogen and oxygen atoms in total. The molecule has 3 heterocycles. The van der Waals surface area contributed by atoms with Gasteiger partial charge >= 0.3 is 0 Å². The van der Waals surface area contributed by atoms with E-state index in [1.54, 1.807) is 11.3 Å². The third-order valence-corrected chi connectivity index (χ3v) is 11.2. The molecule has 146 valence electrons. The lowest BCUT2D eigenvalue weighted by atomic mass is 10.1.